The Morgan fingerprint density at radius 3 is 1.20 bits per heavy atom. The molecule has 0 fully saturated rings. The average molecular weight is 239 g/mol. The van der Waals surface area contributed by atoms with Crippen LogP contribution in [0.5, 0.6) is 0 Å². The van der Waals surface area contributed by atoms with Gasteiger partial charge in [0, 0.05) is 4.66 Å². The molecule has 0 heterocycles. The average Bonchev–Trinajstić information content (AvgIpc) is 1.19. The molecule has 0 radical (unpaired) electrons. The Labute approximate surface area is 67.1 Å². The van der Waals surface area contributed by atoms with Crippen LogP contribution < -0.4 is 9.32 Å². The van der Waals surface area contributed by atoms with Crippen molar-refractivity contribution in [1.29, 1.82) is 0 Å². The van der Waals surface area contributed by atoms with E-state index in [0.717, 1.165) is 0 Å². The molecule has 0 saturated heterocycles. The van der Waals surface area contributed by atoms with E-state index in [1.54, 1.807) is 0 Å². The van der Waals surface area contributed by atoms with Crippen molar-refractivity contribution < 1.29 is 54.3 Å². The van der Waals surface area contributed by atoms with E-state index in [2.05, 4.69) is 0 Å². The summed E-state index contributed by atoms with van der Waals surface area (Å²) in [5.41, 5.74) is 0. The van der Waals surface area contributed by atoms with E-state index in [-0.39, 0.29) is 12.4 Å². The molecule has 0 aromatic rings. The van der Waals surface area contributed by atoms with Crippen LogP contribution in [0.2, 0.25) is 0 Å². The molecule has 10 heteroatoms. The summed E-state index contributed by atoms with van der Waals surface area (Å²) in [6, 6.07) is 0. The molecule has 0 atom stereocenters. The molecule has 0 rings (SSSR count). The van der Waals surface area contributed by atoms with Crippen LogP contribution in [-0.2, 0) is 21.2 Å². The van der Waals surface area contributed by atoms with Crippen LogP contribution in [0.3, 0.4) is 0 Å². The third-order valence-corrected chi connectivity index (χ3v) is 0. The minimum absolute atomic E-state index is 0. The summed E-state index contributed by atoms with van der Waals surface area (Å²) in [5.74, 6) is 0. The number of hydrogen-bond acceptors (Lipinski definition) is 5. The van der Waals surface area contributed by atoms with E-state index < -0.39 is 24.4 Å². The monoisotopic (exact) mass is 238 g/mol. The molecular formula is H4Cl2CrO7. The van der Waals surface area contributed by atoms with Gasteiger partial charge in [-0.2, -0.15) is 0 Å². The van der Waals surface area contributed by atoms with Gasteiger partial charge in [0.15, 0.2) is 0 Å². The molecule has 0 aliphatic rings. The summed E-state index contributed by atoms with van der Waals surface area (Å²) in [7, 11) is -2.60. The molecule has 0 aromatic carbocycles. The quantitative estimate of drug-likeness (QED) is 0.392. The van der Waals surface area contributed by atoms with E-state index in [9.17, 15) is 0 Å². The Balaban J connectivity index is -0.0000000910. The maximum absolute atomic E-state index is 8.82. The van der Waals surface area contributed by atoms with Gasteiger partial charge in [-0.3, -0.25) is 0 Å². The third-order valence-electron chi connectivity index (χ3n) is 0. The zero-order chi connectivity index (χ0) is 8.08. The fourth-order valence-corrected chi connectivity index (χ4v) is 0. The van der Waals surface area contributed by atoms with Crippen LogP contribution in [0.1, 0.15) is 0 Å². The first-order valence-electron chi connectivity index (χ1n) is 1.18. The number of hydrogen-bond donors (Lipinski definition) is 3. The van der Waals surface area contributed by atoms with E-state index in [1.165, 1.54) is 0 Å². The Morgan fingerprint density at radius 1 is 1.20 bits per heavy atom. The third kappa shape index (κ3) is 1830. The van der Waals surface area contributed by atoms with Gasteiger partial charge in [-0.05, 0) is 0 Å². The normalized spacial score (nSPS) is 9.40. The van der Waals surface area contributed by atoms with Gasteiger partial charge in [0.2, 0.25) is 0 Å². The van der Waals surface area contributed by atoms with Crippen LogP contribution in [-0.4, -0.2) is 13.0 Å². The fourth-order valence-electron chi connectivity index (χ4n) is 0. The second-order valence-corrected chi connectivity index (χ2v) is 2.45. The zero-order valence-electron chi connectivity index (χ0n) is 4.17. The van der Waals surface area contributed by atoms with Gasteiger partial charge in [0.05, 0.1) is 0 Å². The van der Waals surface area contributed by atoms with Crippen LogP contribution in [0.25, 0.3) is 0 Å². The molecule has 3 N–H and O–H groups in total. The van der Waals surface area contributed by atoms with Crippen molar-refractivity contribution in [3.63, 3.8) is 0 Å². The van der Waals surface area contributed by atoms with Gasteiger partial charge < -0.3 is 9.32 Å². The van der Waals surface area contributed by atoms with Crippen molar-refractivity contribution in [2.45, 2.75) is 0 Å². The van der Waals surface area contributed by atoms with Gasteiger partial charge in [-0.1, -0.05) is 0 Å². The topological polar surface area (TPSA) is 141 Å². The first kappa shape index (κ1) is 16.9. The summed E-state index contributed by atoms with van der Waals surface area (Å²) in [4.78, 5) is 0. The van der Waals surface area contributed by atoms with E-state index in [0.29, 0.717) is 0 Å². The second kappa shape index (κ2) is 7.62. The fraction of sp³-hybridized carbons (Fsp3) is 0. The molecule has 0 amide bonds. The van der Waals surface area contributed by atoms with Crippen molar-refractivity contribution >= 4 is 12.4 Å². The van der Waals surface area contributed by atoms with Gasteiger partial charge in [-0.25, -0.2) is 0 Å². The van der Waals surface area contributed by atoms with Crippen molar-refractivity contribution in [3.8, 4) is 0 Å². The molecule has 66 valence electrons. The molecular weight excluding hydrogens is 235 g/mol. The zero-order valence-corrected chi connectivity index (χ0v) is 7.02. The summed E-state index contributed by atoms with van der Waals surface area (Å²) < 4.78 is 55.8. The first-order valence-corrected chi connectivity index (χ1v) is 4.31. The van der Waals surface area contributed by atoms with Gasteiger partial charge in [0.1, 0.15) is 0 Å². The Kier molecular flexibility index (Phi) is 12.8. The molecule has 0 bridgehead atoms. The SMILES string of the molecule is Cl.[O-][Cl+2]([O-])O.[O]=[Cr](=[O])([OH])[OH]. The summed E-state index contributed by atoms with van der Waals surface area (Å²) in [5, 5.41) is 0. The maximum atomic E-state index is 8.82. The van der Waals surface area contributed by atoms with Crippen molar-refractivity contribution in [2.75, 3.05) is 0 Å². The molecule has 0 aliphatic heterocycles. The van der Waals surface area contributed by atoms with Gasteiger partial charge in [-0.15, -0.1) is 12.4 Å². The van der Waals surface area contributed by atoms with E-state index in [4.69, 9.17) is 29.9 Å². The Bertz CT molecular complexity index is 123. The Hall–Kier alpha value is 0.512. The molecule has 7 nitrogen and oxygen atoms in total. The van der Waals surface area contributed by atoms with Crippen LogP contribution in [0, 0.1) is 10.8 Å². The number of rotatable bonds is 0. The van der Waals surface area contributed by atoms with Crippen molar-refractivity contribution in [3.05, 3.63) is 0 Å². The number of halogens is 2. The van der Waals surface area contributed by atoms with E-state index >= 15 is 0 Å². The Morgan fingerprint density at radius 2 is 1.20 bits per heavy atom. The molecule has 10 heavy (non-hydrogen) atoms. The summed E-state index contributed by atoms with van der Waals surface area (Å²) in [6.45, 7) is 0. The molecule has 0 saturated carbocycles. The van der Waals surface area contributed by atoms with Crippen molar-refractivity contribution in [2.24, 2.45) is 0 Å². The van der Waals surface area contributed by atoms with Crippen LogP contribution in [0.15, 0.2) is 0 Å². The van der Waals surface area contributed by atoms with Crippen molar-refractivity contribution in [1.82, 2.24) is 0 Å². The molecule has 0 aliphatic carbocycles. The van der Waals surface area contributed by atoms with Crippen LogP contribution in [0.4, 0.5) is 0 Å². The van der Waals surface area contributed by atoms with Gasteiger partial charge in [0.25, 0.3) is 10.8 Å². The summed E-state index contributed by atoms with van der Waals surface area (Å²) in [6.07, 6.45) is 0. The van der Waals surface area contributed by atoms with E-state index in [1.807, 2.05) is 0 Å². The first-order chi connectivity index (χ1) is 3.73. The molecule has 0 unspecified atom stereocenters. The second-order valence-electron chi connectivity index (χ2n) is 0.649. The molecule has 0 spiro atoms. The molecule has 0 aromatic heterocycles. The van der Waals surface area contributed by atoms with Gasteiger partial charge >= 0.3 is 29.5 Å². The van der Waals surface area contributed by atoms with Crippen LogP contribution >= 0.6 is 12.4 Å². The minimum atomic E-state index is -5.25. The standard InChI is InChI=1S/ClHO3.ClH.Cr.2H2O.2O/c2-1(3)4;;;;;;/h2H;1H;;2*1H2;;/q;;+2;;;;/p-2. The summed E-state index contributed by atoms with van der Waals surface area (Å²) >= 11 is -5.25. The predicted octanol–water partition coefficient (Wildman–Crippen LogP) is -3.87. The predicted molar refractivity (Wildman–Crippen MR) is 15.3 cm³/mol.